The number of nitrogens with zero attached hydrogens (tertiary/aromatic N) is 3. The summed E-state index contributed by atoms with van der Waals surface area (Å²) in [4.78, 5) is 19.4. The van der Waals surface area contributed by atoms with E-state index in [9.17, 15) is 4.79 Å². The third kappa shape index (κ3) is 3.38. The second-order valence-corrected chi connectivity index (χ2v) is 6.25. The summed E-state index contributed by atoms with van der Waals surface area (Å²) in [5, 5.41) is 0. The molecule has 1 aromatic rings. The maximum Gasteiger partial charge on any atom is 0.227 e. The maximum absolute atomic E-state index is 12.6. The highest BCUT2D eigenvalue weighted by Crippen LogP contribution is 2.20. The number of piperidine rings is 1. The van der Waals surface area contributed by atoms with E-state index in [4.69, 9.17) is 0 Å². The second-order valence-electron chi connectivity index (χ2n) is 6.25. The van der Waals surface area contributed by atoms with Crippen molar-refractivity contribution in [2.24, 2.45) is 5.92 Å². The van der Waals surface area contributed by atoms with Crippen molar-refractivity contribution in [3.63, 3.8) is 0 Å². The summed E-state index contributed by atoms with van der Waals surface area (Å²) >= 11 is 0. The molecular weight excluding hydrogens is 262 g/mol. The number of para-hydroxylation sites is 1. The minimum Gasteiger partial charge on any atom is -0.368 e. The van der Waals surface area contributed by atoms with Crippen LogP contribution in [0.2, 0.25) is 0 Å². The van der Waals surface area contributed by atoms with E-state index in [1.807, 2.05) is 6.07 Å². The van der Waals surface area contributed by atoms with Gasteiger partial charge in [0.05, 0.1) is 5.92 Å². The first kappa shape index (κ1) is 14.4. The van der Waals surface area contributed by atoms with Crippen LogP contribution in [-0.4, -0.2) is 62.0 Å². The Kier molecular flexibility index (Phi) is 4.44. The van der Waals surface area contributed by atoms with Crippen molar-refractivity contribution in [1.82, 2.24) is 9.80 Å². The molecule has 1 amide bonds. The minimum atomic E-state index is 0.215. The molecule has 2 fully saturated rings. The lowest BCUT2D eigenvalue weighted by molar-refractivity contribution is -0.137. The van der Waals surface area contributed by atoms with Crippen LogP contribution in [0, 0.1) is 5.92 Å². The molecule has 2 aliphatic heterocycles. The van der Waals surface area contributed by atoms with Crippen molar-refractivity contribution in [3.8, 4) is 0 Å². The van der Waals surface area contributed by atoms with Crippen molar-refractivity contribution >= 4 is 11.6 Å². The molecule has 0 bridgehead atoms. The smallest absolute Gasteiger partial charge is 0.227 e. The van der Waals surface area contributed by atoms with E-state index >= 15 is 0 Å². The molecule has 0 saturated carbocycles. The summed E-state index contributed by atoms with van der Waals surface area (Å²) in [6.45, 7) is 5.65. The largest absolute Gasteiger partial charge is 0.368 e. The zero-order chi connectivity index (χ0) is 14.7. The normalized spacial score (nSPS) is 24.1. The van der Waals surface area contributed by atoms with E-state index in [1.54, 1.807) is 0 Å². The molecule has 21 heavy (non-hydrogen) atoms. The molecule has 0 aliphatic carbocycles. The van der Waals surface area contributed by atoms with Gasteiger partial charge in [-0.15, -0.1) is 0 Å². The SMILES string of the molecule is CN1CCCC(C(=O)N2CCN(c3ccccc3)CC2)C1. The lowest BCUT2D eigenvalue weighted by Crippen LogP contribution is -2.52. The van der Waals surface area contributed by atoms with Crippen LogP contribution in [0.15, 0.2) is 30.3 Å². The number of anilines is 1. The van der Waals surface area contributed by atoms with E-state index in [0.717, 1.165) is 52.1 Å². The van der Waals surface area contributed by atoms with Crippen LogP contribution in [0.4, 0.5) is 5.69 Å². The van der Waals surface area contributed by atoms with Gasteiger partial charge < -0.3 is 14.7 Å². The number of carbonyl (C=O) groups is 1. The molecule has 2 saturated heterocycles. The summed E-state index contributed by atoms with van der Waals surface area (Å²) < 4.78 is 0. The summed E-state index contributed by atoms with van der Waals surface area (Å²) in [6, 6.07) is 10.5. The Morgan fingerprint density at radius 2 is 1.76 bits per heavy atom. The molecule has 0 N–H and O–H groups in total. The molecule has 0 radical (unpaired) electrons. The van der Waals surface area contributed by atoms with Gasteiger partial charge in [0, 0.05) is 38.4 Å². The lowest BCUT2D eigenvalue weighted by Gasteiger charge is -2.39. The number of piperazine rings is 1. The van der Waals surface area contributed by atoms with Gasteiger partial charge in [-0.1, -0.05) is 18.2 Å². The fourth-order valence-electron chi connectivity index (χ4n) is 3.45. The van der Waals surface area contributed by atoms with Crippen LogP contribution in [0.3, 0.4) is 0 Å². The Hall–Kier alpha value is -1.55. The average Bonchev–Trinajstić information content (AvgIpc) is 2.55. The zero-order valence-corrected chi connectivity index (χ0v) is 12.9. The standard InChI is InChI=1S/C17H25N3O/c1-18-9-5-6-15(14-18)17(21)20-12-10-19(11-13-20)16-7-3-2-4-8-16/h2-4,7-8,15H,5-6,9-14H2,1H3. The molecule has 2 aliphatic rings. The quantitative estimate of drug-likeness (QED) is 0.828. The molecular formula is C17H25N3O. The third-order valence-electron chi connectivity index (χ3n) is 4.69. The molecule has 0 aromatic heterocycles. The van der Waals surface area contributed by atoms with E-state index in [1.165, 1.54) is 5.69 Å². The van der Waals surface area contributed by atoms with Crippen molar-refractivity contribution in [2.75, 3.05) is 51.2 Å². The zero-order valence-electron chi connectivity index (χ0n) is 12.9. The molecule has 1 unspecified atom stereocenters. The minimum absolute atomic E-state index is 0.215. The van der Waals surface area contributed by atoms with Gasteiger partial charge in [0.15, 0.2) is 0 Å². The fourth-order valence-corrected chi connectivity index (χ4v) is 3.45. The topological polar surface area (TPSA) is 26.8 Å². The van der Waals surface area contributed by atoms with Crippen molar-refractivity contribution in [1.29, 1.82) is 0 Å². The molecule has 1 aromatic carbocycles. The van der Waals surface area contributed by atoms with E-state index in [2.05, 4.69) is 46.0 Å². The Balaban J connectivity index is 1.54. The van der Waals surface area contributed by atoms with Gasteiger partial charge in [-0.25, -0.2) is 0 Å². The van der Waals surface area contributed by atoms with Crippen LogP contribution >= 0.6 is 0 Å². The molecule has 1 atom stereocenters. The molecule has 3 rings (SSSR count). The number of benzene rings is 1. The number of hydrogen-bond donors (Lipinski definition) is 0. The highest BCUT2D eigenvalue weighted by molar-refractivity contribution is 5.79. The molecule has 4 nitrogen and oxygen atoms in total. The second kappa shape index (κ2) is 6.48. The third-order valence-corrected chi connectivity index (χ3v) is 4.69. The monoisotopic (exact) mass is 287 g/mol. The summed E-state index contributed by atoms with van der Waals surface area (Å²) in [6.07, 6.45) is 2.21. The lowest BCUT2D eigenvalue weighted by atomic mass is 9.96. The number of likely N-dealkylation sites (tertiary alicyclic amines) is 1. The highest BCUT2D eigenvalue weighted by atomic mass is 16.2. The van der Waals surface area contributed by atoms with E-state index < -0.39 is 0 Å². The van der Waals surface area contributed by atoms with Crippen LogP contribution < -0.4 is 4.90 Å². The van der Waals surface area contributed by atoms with Crippen LogP contribution in [0.25, 0.3) is 0 Å². The van der Waals surface area contributed by atoms with E-state index in [0.29, 0.717) is 5.91 Å². The van der Waals surface area contributed by atoms with Gasteiger partial charge in [0.2, 0.25) is 5.91 Å². The van der Waals surface area contributed by atoms with Crippen molar-refractivity contribution in [3.05, 3.63) is 30.3 Å². The highest BCUT2D eigenvalue weighted by Gasteiger charge is 2.29. The van der Waals surface area contributed by atoms with Crippen LogP contribution in [0.5, 0.6) is 0 Å². The van der Waals surface area contributed by atoms with Gasteiger partial charge in [-0.3, -0.25) is 4.79 Å². The number of rotatable bonds is 2. The number of carbonyl (C=O) groups excluding carboxylic acids is 1. The first-order valence-electron chi connectivity index (χ1n) is 8.01. The Bertz CT molecular complexity index is 468. The van der Waals surface area contributed by atoms with Gasteiger partial charge in [0.25, 0.3) is 0 Å². The average molecular weight is 287 g/mol. The Labute approximate surface area is 127 Å². The van der Waals surface area contributed by atoms with Crippen molar-refractivity contribution < 1.29 is 4.79 Å². The van der Waals surface area contributed by atoms with Crippen LogP contribution in [-0.2, 0) is 4.79 Å². The predicted molar refractivity (Wildman–Crippen MR) is 85.5 cm³/mol. The summed E-state index contributed by atoms with van der Waals surface area (Å²) in [7, 11) is 2.12. The fraction of sp³-hybridized carbons (Fsp3) is 0.588. The Morgan fingerprint density at radius 3 is 2.43 bits per heavy atom. The maximum atomic E-state index is 12.6. The summed E-state index contributed by atoms with van der Waals surface area (Å²) in [5.74, 6) is 0.585. The van der Waals surface area contributed by atoms with Gasteiger partial charge in [-0.2, -0.15) is 0 Å². The number of amides is 1. The molecule has 4 heteroatoms. The van der Waals surface area contributed by atoms with Gasteiger partial charge >= 0.3 is 0 Å². The van der Waals surface area contributed by atoms with Crippen LogP contribution in [0.1, 0.15) is 12.8 Å². The first-order chi connectivity index (χ1) is 10.2. The molecule has 114 valence electrons. The number of hydrogen-bond acceptors (Lipinski definition) is 3. The van der Waals surface area contributed by atoms with E-state index in [-0.39, 0.29) is 5.92 Å². The Morgan fingerprint density at radius 1 is 1.05 bits per heavy atom. The van der Waals surface area contributed by atoms with Crippen molar-refractivity contribution in [2.45, 2.75) is 12.8 Å². The molecule has 0 spiro atoms. The first-order valence-corrected chi connectivity index (χ1v) is 8.01. The molecule has 2 heterocycles. The predicted octanol–water partition coefficient (Wildman–Crippen LogP) is 1.68. The van der Waals surface area contributed by atoms with Gasteiger partial charge in [0.1, 0.15) is 0 Å². The summed E-state index contributed by atoms with van der Waals surface area (Å²) in [5.41, 5.74) is 1.27. The van der Waals surface area contributed by atoms with Gasteiger partial charge in [-0.05, 0) is 38.6 Å².